The molecular formula is C11H12FNO3. The molecule has 1 aromatic carbocycles. The number of carbonyl (C=O) groups excluding carboxylic acids is 1. The lowest BCUT2D eigenvalue weighted by molar-refractivity contribution is -0.137. The van der Waals surface area contributed by atoms with Crippen molar-refractivity contribution in [2.24, 2.45) is 0 Å². The minimum absolute atomic E-state index is 0.181. The molecular weight excluding hydrogens is 213 g/mol. The zero-order chi connectivity index (χ0) is 12.1. The summed E-state index contributed by atoms with van der Waals surface area (Å²) in [4.78, 5) is 21.5. The predicted molar refractivity (Wildman–Crippen MR) is 55.2 cm³/mol. The van der Waals surface area contributed by atoms with Crippen molar-refractivity contribution in [3.63, 3.8) is 0 Å². The van der Waals surface area contributed by atoms with Crippen LogP contribution in [-0.4, -0.2) is 17.0 Å². The van der Waals surface area contributed by atoms with Gasteiger partial charge in [0.2, 0.25) is 5.91 Å². The lowest BCUT2D eigenvalue weighted by Gasteiger charge is -2.16. The van der Waals surface area contributed by atoms with Crippen LogP contribution in [0, 0.1) is 5.82 Å². The van der Waals surface area contributed by atoms with Crippen LogP contribution in [0.25, 0.3) is 0 Å². The Bertz CT molecular complexity index is 390. The summed E-state index contributed by atoms with van der Waals surface area (Å²) in [5, 5.41) is 11.1. The average Bonchev–Trinajstić information content (AvgIpc) is 2.15. The molecule has 0 fully saturated rings. The normalized spacial score (nSPS) is 11.9. The number of aliphatic carboxylic acids is 1. The Morgan fingerprint density at radius 2 is 2.06 bits per heavy atom. The summed E-state index contributed by atoms with van der Waals surface area (Å²) in [6.45, 7) is 1.26. The molecule has 16 heavy (non-hydrogen) atoms. The summed E-state index contributed by atoms with van der Waals surface area (Å²) >= 11 is 0. The van der Waals surface area contributed by atoms with Crippen molar-refractivity contribution >= 4 is 11.9 Å². The highest BCUT2D eigenvalue weighted by molar-refractivity contribution is 5.75. The molecule has 1 aromatic rings. The van der Waals surface area contributed by atoms with Gasteiger partial charge in [-0.15, -0.1) is 0 Å². The van der Waals surface area contributed by atoms with Crippen LogP contribution >= 0.6 is 0 Å². The second-order valence-corrected chi connectivity index (χ2v) is 3.37. The lowest BCUT2D eigenvalue weighted by atomic mass is 10.0. The number of hydrogen-bond acceptors (Lipinski definition) is 2. The first kappa shape index (κ1) is 12.2. The topological polar surface area (TPSA) is 66.4 Å². The van der Waals surface area contributed by atoms with E-state index in [1.807, 2.05) is 0 Å². The molecule has 0 saturated carbocycles. The molecule has 0 aromatic heterocycles. The van der Waals surface area contributed by atoms with Crippen molar-refractivity contribution in [3.8, 4) is 0 Å². The van der Waals surface area contributed by atoms with Gasteiger partial charge in [0.1, 0.15) is 5.82 Å². The molecule has 0 radical (unpaired) electrons. The number of carbonyl (C=O) groups is 2. The molecule has 0 unspecified atom stereocenters. The molecule has 4 nitrogen and oxygen atoms in total. The first-order valence-electron chi connectivity index (χ1n) is 4.74. The van der Waals surface area contributed by atoms with Gasteiger partial charge in [-0.3, -0.25) is 9.59 Å². The number of carboxylic acids is 1. The molecule has 0 heterocycles. The molecule has 0 aliphatic rings. The highest BCUT2D eigenvalue weighted by Crippen LogP contribution is 2.19. The summed E-state index contributed by atoms with van der Waals surface area (Å²) in [5.74, 6) is -2.01. The van der Waals surface area contributed by atoms with Crippen molar-refractivity contribution in [1.82, 2.24) is 5.32 Å². The third kappa shape index (κ3) is 3.34. The summed E-state index contributed by atoms with van der Waals surface area (Å²) in [5.41, 5.74) is 0.181. The first-order valence-corrected chi connectivity index (χ1v) is 4.74. The molecule has 0 aliphatic carbocycles. The van der Waals surface area contributed by atoms with E-state index < -0.39 is 23.7 Å². The number of halogens is 1. The zero-order valence-electron chi connectivity index (χ0n) is 8.74. The highest BCUT2D eigenvalue weighted by atomic mass is 19.1. The van der Waals surface area contributed by atoms with E-state index in [4.69, 9.17) is 5.11 Å². The molecule has 0 saturated heterocycles. The Hall–Kier alpha value is -1.91. The van der Waals surface area contributed by atoms with Crippen molar-refractivity contribution in [1.29, 1.82) is 0 Å². The molecule has 0 bridgehead atoms. The van der Waals surface area contributed by atoms with E-state index in [1.54, 1.807) is 6.07 Å². The van der Waals surface area contributed by atoms with E-state index in [0.717, 1.165) is 0 Å². The van der Waals surface area contributed by atoms with Crippen LogP contribution < -0.4 is 5.32 Å². The number of nitrogens with one attached hydrogen (secondary N) is 1. The van der Waals surface area contributed by atoms with E-state index >= 15 is 0 Å². The number of benzene rings is 1. The van der Waals surface area contributed by atoms with Gasteiger partial charge < -0.3 is 10.4 Å². The van der Waals surface area contributed by atoms with Gasteiger partial charge in [0.05, 0.1) is 12.5 Å². The maximum Gasteiger partial charge on any atom is 0.305 e. The molecule has 1 amide bonds. The monoisotopic (exact) mass is 225 g/mol. The largest absolute Gasteiger partial charge is 0.481 e. The third-order valence-electron chi connectivity index (χ3n) is 2.04. The second-order valence-electron chi connectivity index (χ2n) is 3.37. The Morgan fingerprint density at radius 3 is 2.56 bits per heavy atom. The first-order chi connectivity index (χ1) is 7.50. The molecule has 2 N–H and O–H groups in total. The molecule has 5 heteroatoms. The van der Waals surface area contributed by atoms with Crippen LogP contribution in [0.15, 0.2) is 24.3 Å². The van der Waals surface area contributed by atoms with Gasteiger partial charge in [-0.1, -0.05) is 18.2 Å². The zero-order valence-corrected chi connectivity index (χ0v) is 8.74. The third-order valence-corrected chi connectivity index (χ3v) is 2.04. The number of amides is 1. The van der Waals surface area contributed by atoms with Gasteiger partial charge in [-0.2, -0.15) is 0 Å². The SMILES string of the molecule is CC(=O)N[C@H](CC(=O)O)c1ccccc1F. The van der Waals surface area contributed by atoms with E-state index in [2.05, 4.69) is 5.32 Å². The highest BCUT2D eigenvalue weighted by Gasteiger charge is 2.19. The van der Waals surface area contributed by atoms with Crippen molar-refractivity contribution < 1.29 is 19.1 Å². The standard InChI is InChI=1S/C11H12FNO3/c1-7(14)13-10(6-11(15)16)8-4-2-3-5-9(8)12/h2-5,10H,6H2,1H3,(H,13,14)(H,15,16)/t10-/m1/s1. The second kappa shape index (κ2) is 5.25. The molecule has 0 aliphatic heterocycles. The fourth-order valence-corrected chi connectivity index (χ4v) is 1.42. The van der Waals surface area contributed by atoms with E-state index in [-0.39, 0.29) is 12.0 Å². The fraction of sp³-hybridized carbons (Fsp3) is 0.273. The van der Waals surface area contributed by atoms with Crippen LogP contribution in [0.2, 0.25) is 0 Å². The van der Waals surface area contributed by atoms with Gasteiger partial charge in [0, 0.05) is 12.5 Å². The summed E-state index contributed by atoms with van der Waals surface area (Å²) in [6.07, 6.45) is -0.347. The number of rotatable bonds is 4. The summed E-state index contributed by atoms with van der Waals surface area (Å²) in [6, 6.07) is 4.95. The maximum atomic E-state index is 13.4. The molecule has 1 atom stereocenters. The minimum Gasteiger partial charge on any atom is -0.481 e. The van der Waals surface area contributed by atoms with Crippen LogP contribution in [0.5, 0.6) is 0 Å². The number of carboxylic acid groups (broad SMARTS) is 1. The molecule has 0 spiro atoms. The summed E-state index contributed by atoms with van der Waals surface area (Å²) < 4.78 is 13.4. The summed E-state index contributed by atoms with van der Waals surface area (Å²) in [7, 11) is 0. The van der Waals surface area contributed by atoms with Gasteiger partial charge in [0.25, 0.3) is 0 Å². The van der Waals surface area contributed by atoms with Crippen LogP contribution in [-0.2, 0) is 9.59 Å². The Balaban J connectivity index is 2.96. The van der Waals surface area contributed by atoms with Crippen LogP contribution in [0.1, 0.15) is 24.9 Å². The van der Waals surface area contributed by atoms with E-state index in [0.29, 0.717) is 0 Å². The van der Waals surface area contributed by atoms with Crippen LogP contribution in [0.4, 0.5) is 4.39 Å². The average molecular weight is 225 g/mol. The Labute approximate surface area is 92.1 Å². The van der Waals surface area contributed by atoms with E-state index in [9.17, 15) is 14.0 Å². The van der Waals surface area contributed by atoms with E-state index in [1.165, 1.54) is 25.1 Å². The number of hydrogen-bond donors (Lipinski definition) is 2. The maximum absolute atomic E-state index is 13.4. The quantitative estimate of drug-likeness (QED) is 0.815. The van der Waals surface area contributed by atoms with Crippen molar-refractivity contribution in [2.75, 3.05) is 0 Å². The molecule has 86 valence electrons. The van der Waals surface area contributed by atoms with Crippen molar-refractivity contribution in [2.45, 2.75) is 19.4 Å². The van der Waals surface area contributed by atoms with Gasteiger partial charge in [-0.25, -0.2) is 4.39 Å². The van der Waals surface area contributed by atoms with Gasteiger partial charge in [-0.05, 0) is 6.07 Å². The van der Waals surface area contributed by atoms with Crippen LogP contribution in [0.3, 0.4) is 0 Å². The fourth-order valence-electron chi connectivity index (χ4n) is 1.42. The van der Waals surface area contributed by atoms with Gasteiger partial charge >= 0.3 is 5.97 Å². The van der Waals surface area contributed by atoms with Gasteiger partial charge in [0.15, 0.2) is 0 Å². The lowest BCUT2D eigenvalue weighted by Crippen LogP contribution is -2.28. The molecule has 1 rings (SSSR count). The minimum atomic E-state index is -1.10. The Morgan fingerprint density at radius 1 is 1.44 bits per heavy atom. The predicted octanol–water partition coefficient (Wildman–Crippen LogP) is 1.48. The smallest absolute Gasteiger partial charge is 0.305 e. The van der Waals surface area contributed by atoms with Crippen molar-refractivity contribution in [3.05, 3.63) is 35.6 Å². The Kier molecular flexibility index (Phi) is 3.99.